The van der Waals surface area contributed by atoms with Gasteiger partial charge in [0.1, 0.15) is 22.0 Å². The first-order valence-corrected chi connectivity index (χ1v) is 19.9. The molecule has 0 radical (unpaired) electrons. The molecule has 2 saturated heterocycles. The van der Waals surface area contributed by atoms with Crippen LogP contribution >= 0.6 is 22.9 Å². The van der Waals surface area contributed by atoms with Crippen molar-refractivity contribution in [1.29, 1.82) is 5.26 Å². The number of piperidine rings is 2. The van der Waals surface area contributed by atoms with Crippen molar-refractivity contribution in [1.82, 2.24) is 29.4 Å². The predicted octanol–water partition coefficient (Wildman–Crippen LogP) is 7.75. The molecule has 6 rings (SSSR count). The Morgan fingerprint density at radius 2 is 1.83 bits per heavy atom. The summed E-state index contributed by atoms with van der Waals surface area (Å²) in [5.74, 6) is -0.505. The smallest absolute Gasteiger partial charge is 0.387 e. The third-order valence-corrected chi connectivity index (χ3v) is 11.6. The molecule has 1 N–H and O–H groups in total. The number of rotatable bonds is 16. The fourth-order valence-electron chi connectivity index (χ4n) is 7.31. The van der Waals surface area contributed by atoms with E-state index in [1.165, 1.54) is 65.9 Å². The number of alkyl halides is 2. The van der Waals surface area contributed by atoms with Crippen molar-refractivity contribution in [3.05, 3.63) is 53.4 Å². The van der Waals surface area contributed by atoms with E-state index in [9.17, 15) is 18.4 Å². The largest absolute Gasteiger partial charge is 0.434 e. The number of halogens is 3. The minimum absolute atomic E-state index is 0.0932. The summed E-state index contributed by atoms with van der Waals surface area (Å²) in [5.41, 5.74) is 1.04. The molecule has 12 nitrogen and oxygen atoms in total. The highest BCUT2D eigenvalue weighted by Crippen LogP contribution is 2.43. The van der Waals surface area contributed by atoms with Crippen molar-refractivity contribution < 1.29 is 23.1 Å². The lowest BCUT2D eigenvalue weighted by atomic mass is 9.94. The number of carbonyl (C=O) groups excluding carboxylic acids is 2. The summed E-state index contributed by atoms with van der Waals surface area (Å²) in [6.45, 7) is 0.647. The zero-order valence-corrected chi connectivity index (χ0v) is 32.0. The van der Waals surface area contributed by atoms with Gasteiger partial charge in [0.05, 0.1) is 12.3 Å². The number of aromatic nitrogens is 4. The molecule has 2 aliphatic rings. The molecule has 2 fully saturated rings. The number of likely N-dealkylation sites (tertiary alicyclic amines) is 1. The van der Waals surface area contributed by atoms with Crippen molar-refractivity contribution >= 4 is 50.5 Å². The quantitative estimate of drug-likeness (QED) is 0.113. The molecule has 0 atom stereocenters. The molecule has 2 amide bonds. The molecular weight excluding hydrogens is 736 g/mol. The Labute approximate surface area is 323 Å². The van der Waals surface area contributed by atoms with Crippen LogP contribution < -0.4 is 15.0 Å². The van der Waals surface area contributed by atoms with Crippen LogP contribution in [0.25, 0.3) is 16.9 Å². The van der Waals surface area contributed by atoms with E-state index in [2.05, 4.69) is 38.3 Å². The number of carbonyl (C=O) groups is 2. The number of hydrogen-bond acceptors (Lipinski definition) is 10. The highest BCUT2D eigenvalue weighted by molar-refractivity contribution is 7.20. The highest BCUT2D eigenvalue weighted by atomic mass is 35.5. The normalized spacial score (nSPS) is 15.6. The average Bonchev–Trinajstić information content (AvgIpc) is 3.81. The van der Waals surface area contributed by atoms with Crippen molar-refractivity contribution in [2.24, 2.45) is 5.92 Å². The minimum atomic E-state index is -3.08. The summed E-state index contributed by atoms with van der Waals surface area (Å²) >= 11 is 7.53. The van der Waals surface area contributed by atoms with E-state index in [0.717, 1.165) is 45.3 Å². The van der Waals surface area contributed by atoms with E-state index in [1.807, 2.05) is 4.90 Å². The van der Waals surface area contributed by atoms with Crippen LogP contribution in [0.15, 0.2) is 42.9 Å². The SMILES string of the molecule is CN(CCCCCCCCC#N)C1CCN(C(=O)C2CCN(c3nc(-c4cc(Cl)ccc4OC(F)F)c(NC(=O)c4cnn5cccnc45)s3)CC2)CC1. The number of nitrogens with zero attached hydrogens (tertiary/aromatic N) is 8. The lowest BCUT2D eigenvalue weighted by molar-refractivity contribution is -0.137. The lowest BCUT2D eigenvalue weighted by Crippen LogP contribution is -2.49. The van der Waals surface area contributed by atoms with Gasteiger partial charge in [-0.05, 0) is 76.4 Å². The average molecular weight is 782 g/mol. The summed E-state index contributed by atoms with van der Waals surface area (Å²) in [6.07, 6.45) is 15.5. The second-order valence-corrected chi connectivity index (χ2v) is 15.3. The van der Waals surface area contributed by atoms with E-state index in [0.29, 0.717) is 54.2 Å². The van der Waals surface area contributed by atoms with Gasteiger partial charge >= 0.3 is 6.61 Å². The molecule has 3 aromatic heterocycles. The summed E-state index contributed by atoms with van der Waals surface area (Å²) in [6, 6.07) is 8.68. The Hall–Kier alpha value is -4.39. The molecule has 2 aliphatic heterocycles. The van der Waals surface area contributed by atoms with Gasteiger partial charge in [-0.15, -0.1) is 0 Å². The fraction of sp³-hybridized carbons (Fsp3) is 0.526. The molecule has 0 aliphatic carbocycles. The van der Waals surface area contributed by atoms with Crippen LogP contribution in [0, 0.1) is 17.2 Å². The summed E-state index contributed by atoms with van der Waals surface area (Å²) in [7, 11) is 2.20. The molecule has 288 valence electrons. The van der Waals surface area contributed by atoms with E-state index < -0.39 is 12.5 Å². The van der Waals surface area contributed by atoms with E-state index in [-0.39, 0.29) is 39.4 Å². The molecule has 0 unspecified atom stereocenters. The molecule has 0 spiro atoms. The van der Waals surface area contributed by atoms with Gasteiger partial charge in [0.2, 0.25) is 5.91 Å². The fourth-order valence-corrected chi connectivity index (χ4v) is 8.51. The number of ether oxygens (including phenoxy) is 1. The standard InChI is InChI=1S/C38H46ClF2N9O3S/c1-47(18-8-6-4-2-3-5-7-16-42)28-14-22-48(23-15-28)36(52)26-12-20-49(21-13-26)38-45-32(29-24-27(39)10-11-31(29)53-37(40)41)35(54-38)46-34(51)30-25-44-50-19-9-17-43-33(30)50/h9-11,17,19,24-26,28,37H,2-8,12-15,18,20-23H2,1H3,(H,46,51). The number of fused-ring (bicyclic) bond motifs is 1. The molecular formula is C38H46ClF2N9O3S. The number of anilines is 2. The Morgan fingerprint density at radius 1 is 1.09 bits per heavy atom. The second kappa shape index (κ2) is 18.8. The van der Waals surface area contributed by atoms with Crippen molar-refractivity contribution in [3.63, 3.8) is 0 Å². The monoisotopic (exact) mass is 781 g/mol. The molecule has 1 aromatic carbocycles. The minimum Gasteiger partial charge on any atom is -0.434 e. The van der Waals surface area contributed by atoms with Crippen LogP contribution in [-0.4, -0.2) is 93.6 Å². The van der Waals surface area contributed by atoms with Crippen LogP contribution in [0.2, 0.25) is 5.02 Å². The molecule has 16 heteroatoms. The highest BCUT2D eigenvalue weighted by Gasteiger charge is 2.33. The van der Waals surface area contributed by atoms with E-state index >= 15 is 0 Å². The van der Waals surface area contributed by atoms with E-state index in [1.54, 1.807) is 18.5 Å². The van der Waals surface area contributed by atoms with Crippen LogP contribution in [-0.2, 0) is 4.79 Å². The van der Waals surface area contributed by atoms with Gasteiger partial charge in [-0.1, -0.05) is 48.6 Å². The maximum absolute atomic E-state index is 13.7. The summed E-state index contributed by atoms with van der Waals surface area (Å²) < 4.78 is 33.2. The topological polar surface area (TPSA) is 132 Å². The summed E-state index contributed by atoms with van der Waals surface area (Å²) in [4.78, 5) is 42.9. The second-order valence-electron chi connectivity index (χ2n) is 13.9. The lowest BCUT2D eigenvalue weighted by Gasteiger charge is -2.39. The first kappa shape index (κ1) is 39.3. The van der Waals surface area contributed by atoms with Gasteiger partial charge in [-0.25, -0.2) is 14.5 Å². The van der Waals surface area contributed by atoms with Gasteiger partial charge in [-0.3, -0.25) is 9.59 Å². The number of thiazole rings is 1. The number of hydrogen-bond donors (Lipinski definition) is 1. The number of amides is 2. The van der Waals surface area contributed by atoms with Crippen LogP contribution in [0.5, 0.6) is 5.75 Å². The molecule has 4 aromatic rings. The molecule has 0 saturated carbocycles. The third-order valence-electron chi connectivity index (χ3n) is 10.3. The number of benzene rings is 1. The Morgan fingerprint density at radius 3 is 2.57 bits per heavy atom. The molecule has 0 bridgehead atoms. The van der Waals surface area contributed by atoms with Gasteiger partial charge in [0, 0.05) is 67.5 Å². The number of nitriles is 1. The van der Waals surface area contributed by atoms with Crippen LogP contribution in [0.1, 0.15) is 81.0 Å². The van der Waals surface area contributed by atoms with Crippen molar-refractivity contribution in [3.8, 4) is 23.1 Å². The van der Waals surface area contributed by atoms with Crippen LogP contribution in [0.3, 0.4) is 0 Å². The zero-order chi connectivity index (χ0) is 38.0. The Bertz CT molecular complexity index is 1920. The Balaban J connectivity index is 1.07. The van der Waals surface area contributed by atoms with Gasteiger partial charge < -0.3 is 24.8 Å². The van der Waals surface area contributed by atoms with Crippen molar-refractivity contribution in [2.75, 3.05) is 50.0 Å². The molecule has 54 heavy (non-hydrogen) atoms. The van der Waals surface area contributed by atoms with E-state index in [4.69, 9.17) is 26.6 Å². The molecule has 5 heterocycles. The van der Waals surface area contributed by atoms with Gasteiger partial charge in [-0.2, -0.15) is 19.1 Å². The van der Waals surface area contributed by atoms with Crippen LogP contribution in [0.4, 0.5) is 18.9 Å². The third kappa shape index (κ3) is 9.82. The number of nitrogens with one attached hydrogen (secondary N) is 1. The maximum atomic E-state index is 13.7. The predicted molar refractivity (Wildman–Crippen MR) is 205 cm³/mol. The van der Waals surface area contributed by atoms with Gasteiger partial charge in [0.15, 0.2) is 10.8 Å². The zero-order valence-electron chi connectivity index (χ0n) is 30.4. The summed E-state index contributed by atoms with van der Waals surface area (Å²) in [5, 5.41) is 17.0. The maximum Gasteiger partial charge on any atom is 0.387 e. The van der Waals surface area contributed by atoms with Crippen molar-refractivity contribution in [2.45, 2.75) is 83.3 Å². The first-order chi connectivity index (χ1) is 26.2. The number of unbranched alkanes of at least 4 members (excludes halogenated alkanes) is 6. The first-order valence-electron chi connectivity index (χ1n) is 18.7. The Kier molecular flexibility index (Phi) is 13.7. The van der Waals surface area contributed by atoms with Gasteiger partial charge in [0.25, 0.3) is 5.91 Å².